The molecule has 0 N–H and O–H groups in total. The smallest absolute Gasteiger partial charge is 0.374 e. The lowest BCUT2D eigenvalue weighted by molar-refractivity contribution is -0.149. The van der Waals surface area contributed by atoms with E-state index in [2.05, 4.69) is 0 Å². The molecule has 5 nitrogen and oxygen atoms in total. The Hall–Kier alpha value is -2.82. The minimum atomic E-state index is -0.570. The summed E-state index contributed by atoms with van der Waals surface area (Å²) in [5.74, 6) is -0.421. The van der Waals surface area contributed by atoms with E-state index in [4.69, 9.17) is 13.9 Å². The minimum Gasteiger partial charge on any atom is -0.457 e. The van der Waals surface area contributed by atoms with E-state index in [0.29, 0.717) is 17.8 Å². The van der Waals surface area contributed by atoms with Crippen molar-refractivity contribution < 1.29 is 23.5 Å². The molecule has 0 amide bonds. The van der Waals surface area contributed by atoms with Crippen LogP contribution in [0.4, 0.5) is 0 Å². The van der Waals surface area contributed by atoms with Gasteiger partial charge >= 0.3 is 11.9 Å². The molecule has 0 aliphatic rings. The van der Waals surface area contributed by atoms with E-state index in [1.807, 2.05) is 58.0 Å². The van der Waals surface area contributed by atoms with E-state index in [1.165, 1.54) is 6.07 Å². The van der Waals surface area contributed by atoms with Gasteiger partial charge in [-0.15, -0.1) is 0 Å². The summed E-state index contributed by atoms with van der Waals surface area (Å²) in [7, 11) is 0. The van der Waals surface area contributed by atoms with Crippen molar-refractivity contribution in [3.63, 3.8) is 0 Å². The van der Waals surface area contributed by atoms with Crippen LogP contribution in [0.15, 0.2) is 52.5 Å². The average Bonchev–Trinajstić information content (AvgIpc) is 3.07. The second kappa shape index (κ2) is 9.21. The number of esters is 2. The molecular weight excluding hydrogens is 344 g/mol. The van der Waals surface area contributed by atoms with Gasteiger partial charge in [-0.25, -0.2) is 9.59 Å². The molecule has 2 rings (SSSR count). The van der Waals surface area contributed by atoms with Gasteiger partial charge in [-0.05, 0) is 51.0 Å². The number of carbonyl (C=O) groups is 2. The highest BCUT2D eigenvalue weighted by atomic mass is 16.6. The lowest BCUT2D eigenvalue weighted by Crippen LogP contribution is -2.24. The van der Waals surface area contributed by atoms with Crippen LogP contribution in [0.5, 0.6) is 0 Å². The highest BCUT2D eigenvalue weighted by molar-refractivity contribution is 5.94. The van der Waals surface area contributed by atoms with E-state index in [1.54, 1.807) is 12.1 Å². The van der Waals surface area contributed by atoms with Crippen molar-refractivity contribution in [2.75, 3.05) is 0 Å². The van der Waals surface area contributed by atoms with Gasteiger partial charge < -0.3 is 13.9 Å². The van der Waals surface area contributed by atoms with Crippen LogP contribution in [0.2, 0.25) is 0 Å². The van der Waals surface area contributed by atoms with Crippen LogP contribution in [-0.4, -0.2) is 17.5 Å². The number of rotatable bonds is 7. The molecule has 1 aromatic heterocycles. The van der Waals surface area contributed by atoms with E-state index in [9.17, 15) is 9.59 Å². The first-order valence-electron chi connectivity index (χ1n) is 9.03. The molecule has 0 bridgehead atoms. The molecule has 0 fully saturated rings. The lowest BCUT2D eigenvalue weighted by atomic mass is 10.1. The molecule has 0 atom stereocenters. The van der Waals surface area contributed by atoms with Crippen molar-refractivity contribution in [3.8, 4) is 0 Å². The van der Waals surface area contributed by atoms with Crippen LogP contribution in [0.1, 0.15) is 62.4 Å². The first-order chi connectivity index (χ1) is 12.8. The summed E-state index contributed by atoms with van der Waals surface area (Å²) in [6, 6.07) is 12.6. The first kappa shape index (κ1) is 20.5. The molecule has 2 aromatic rings. The summed E-state index contributed by atoms with van der Waals surface area (Å²) < 4.78 is 16.2. The van der Waals surface area contributed by atoms with Crippen LogP contribution in [-0.2, 0) is 20.9 Å². The number of hydrogen-bond donors (Lipinski definition) is 0. The summed E-state index contributed by atoms with van der Waals surface area (Å²) in [4.78, 5) is 24.5. The highest BCUT2D eigenvalue weighted by Crippen LogP contribution is 2.19. The Bertz CT molecular complexity index is 794. The Balaban J connectivity index is 2.06. The Morgan fingerprint density at radius 2 is 1.78 bits per heavy atom. The van der Waals surface area contributed by atoms with Gasteiger partial charge in [-0.2, -0.15) is 0 Å². The maximum Gasteiger partial charge on any atom is 0.374 e. The van der Waals surface area contributed by atoms with Gasteiger partial charge in [0.1, 0.15) is 18.0 Å². The normalized spacial score (nSPS) is 11.9. The van der Waals surface area contributed by atoms with Crippen LogP contribution in [0, 0.1) is 0 Å². The van der Waals surface area contributed by atoms with E-state index < -0.39 is 11.6 Å². The maximum absolute atomic E-state index is 12.3. The Kier molecular flexibility index (Phi) is 6.99. The third kappa shape index (κ3) is 6.77. The predicted molar refractivity (Wildman–Crippen MR) is 103 cm³/mol. The van der Waals surface area contributed by atoms with Crippen LogP contribution in [0.25, 0.3) is 6.08 Å². The first-order valence-corrected chi connectivity index (χ1v) is 9.03. The summed E-state index contributed by atoms with van der Waals surface area (Å²) in [6.45, 7) is 7.61. The van der Waals surface area contributed by atoms with E-state index >= 15 is 0 Å². The second-order valence-corrected chi connectivity index (χ2v) is 7.19. The molecule has 27 heavy (non-hydrogen) atoms. The molecule has 1 heterocycles. The molecule has 144 valence electrons. The fourth-order valence-corrected chi connectivity index (χ4v) is 2.35. The molecule has 0 saturated heterocycles. The molecular formula is C22H26O5. The standard InChI is InChI=1S/C22H26O5/c1-5-9-17(20(23)27-22(2,3)4)14-18-12-13-19(26-18)21(24)25-15-16-10-7-6-8-11-16/h6-8,10-14H,5,9,15H2,1-4H3. The SMILES string of the molecule is CCCC(=Cc1ccc(C(=O)OCc2ccccc2)o1)C(=O)OC(C)(C)C. The third-order valence-electron chi connectivity index (χ3n) is 3.54. The highest BCUT2D eigenvalue weighted by Gasteiger charge is 2.20. The van der Waals surface area contributed by atoms with Crippen LogP contribution < -0.4 is 0 Å². The van der Waals surface area contributed by atoms with Gasteiger partial charge in [0.2, 0.25) is 5.76 Å². The van der Waals surface area contributed by atoms with Crippen molar-refractivity contribution >= 4 is 18.0 Å². The average molecular weight is 370 g/mol. The molecule has 0 radical (unpaired) electrons. The molecule has 0 aliphatic carbocycles. The van der Waals surface area contributed by atoms with Gasteiger partial charge in [0.25, 0.3) is 0 Å². The van der Waals surface area contributed by atoms with Gasteiger partial charge in [0, 0.05) is 5.57 Å². The van der Waals surface area contributed by atoms with Crippen molar-refractivity contribution in [2.24, 2.45) is 0 Å². The molecule has 5 heteroatoms. The topological polar surface area (TPSA) is 65.7 Å². The number of carbonyl (C=O) groups excluding carboxylic acids is 2. The third-order valence-corrected chi connectivity index (χ3v) is 3.54. The number of furan rings is 1. The maximum atomic E-state index is 12.3. The minimum absolute atomic E-state index is 0.0946. The van der Waals surface area contributed by atoms with Gasteiger partial charge in [-0.1, -0.05) is 43.7 Å². The fourth-order valence-electron chi connectivity index (χ4n) is 2.35. The summed E-state index contributed by atoms with van der Waals surface area (Å²) in [5, 5.41) is 0. The largest absolute Gasteiger partial charge is 0.457 e. The van der Waals surface area contributed by atoms with Gasteiger partial charge in [0.05, 0.1) is 0 Å². The van der Waals surface area contributed by atoms with Crippen molar-refractivity contribution in [2.45, 2.75) is 52.7 Å². The molecule has 0 saturated carbocycles. The van der Waals surface area contributed by atoms with E-state index in [0.717, 1.165) is 12.0 Å². The van der Waals surface area contributed by atoms with Crippen molar-refractivity contribution in [3.05, 3.63) is 65.1 Å². The quantitative estimate of drug-likeness (QED) is 0.497. The predicted octanol–water partition coefficient (Wildman–Crippen LogP) is 5.16. The summed E-state index contributed by atoms with van der Waals surface area (Å²) in [5.41, 5.74) is 0.832. The summed E-state index contributed by atoms with van der Waals surface area (Å²) in [6.07, 6.45) is 2.96. The van der Waals surface area contributed by atoms with Crippen LogP contribution >= 0.6 is 0 Å². The Morgan fingerprint density at radius 1 is 1.07 bits per heavy atom. The van der Waals surface area contributed by atoms with Gasteiger partial charge in [0.15, 0.2) is 0 Å². The zero-order chi connectivity index (χ0) is 19.9. The number of hydrogen-bond acceptors (Lipinski definition) is 5. The second-order valence-electron chi connectivity index (χ2n) is 7.19. The zero-order valence-corrected chi connectivity index (χ0v) is 16.3. The molecule has 0 spiro atoms. The van der Waals surface area contributed by atoms with E-state index in [-0.39, 0.29) is 18.3 Å². The van der Waals surface area contributed by atoms with Gasteiger partial charge in [-0.3, -0.25) is 0 Å². The molecule has 0 unspecified atom stereocenters. The van der Waals surface area contributed by atoms with Crippen molar-refractivity contribution in [1.29, 1.82) is 0 Å². The van der Waals surface area contributed by atoms with Crippen LogP contribution in [0.3, 0.4) is 0 Å². The number of ether oxygens (including phenoxy) is 2. The molecule has 0 aliphatic heterocycles. The summed E-state index contributed by atoms with van der Waals surface area (Å²) >= 11 is 0. The zero-order valence-electron chi connectivity index (χ0n) is 16.3. The Labute approximate surface area is 160 Å². The Morgan fingerprint density at radius 3 is 2.41 bits per heavy atom. The fraction of sp³-hybridized carbons (Fsp3) is 0.364. The van der Waals surface area contributed by atoms with Crippen molar-refractivity contribution in [1.82, 2.24) is 0 Å². The number of benzene rings is 1. The molecule has 1 aromatic carbocycles. The monoisotopic (exact) mass is 370 g/mol. The lowest BCUT2D eigenvalue weighted by Gasteiger charge is -2.20.